The first-order chi connectivity index (χ1) is 12.7. The normalized spacial score (nSPS) is 16.1. The SMILES string of the molecule is COC(=O)c1c(C)n(CCCC2(N(C)CC(F)(F)F)CC2)c2ccccc12. The van der Waals surface area contributed by atoms with Crippen LogP contribution in [0.3, 0.4) is 0 Å². The highest BCUT2D eigenvalue weighted by Crippen LogP contribution is 2.46. The number of aromatic nitrogens is 1. The summed E-state index contributed by atoms with van der Waals surface area (Å²) in [5, 5.41) is 0.845. The van der Waals surface area contributed by atoms with Gasteiger partial charge >= 0.3 is 12.1 Å². The van der Waals surface area contributed by atoms with Crippen molar-refractivity contribution in [1.29, 1.82) is 0 Å². The highest BCUT2D eigenvalue weighted by Gasteiger charge is 2.48. The zero-order chi connectivity index (χ0) is 19.8. The fourth-order valence-corrected chi connectivity index (χ4v) is 4.05. The van der Waals surface area contributed by atoms with Crippen molar-refractivity contribution in [1.82, 2.24) is 9.47 Å². The average Bonchev–Trinajstić information content (AvgIpc) is 3.33. The van der Waals surface area contributed by atoms with E-state index in [0.717, 1.165) is 35.9 Å². The number of ether oxygens (including phenoxy) is 1. The molecule has 1 heterocycles. The van der Waals surface area contributed by atoms with Crippen molar-refractivity contribution in [3.8, 4) is 0 Å². The van der Waals surface area contributed by atoms with E-state index in [4.69, 9.17) is 4.74 Å². The van der Waals surface area contributed by atoms with Gasteiger partial charge < -0.3 is 9.30 Å². The van der Waals surface area contributed by atoms with Crippen molar-refractivity contribution < 1.29 is 22.7 Å². The smallest absolute Gasteiger partial charge is 0.401 e. The van der Waals surface area contributed by atoms with Crippen LogP contribution in [0.25, 0.3) is 10.9 Å². The number of rotatable bonds is 7. The van der Waals surface area contributed by atoms with E-state index >= 15 is 0 Å². The van der Waals surface area contributed by atoms with Crippen LogP contribution in [0.15, 0.2) is 24.3 Å². The van der Waals surface area contributed by atoms with Crippen molar-refractivity contribution in [2.75, 3.05) is 20.7 Å². The van der Waals surface area contributed by atoms with Gasteiger partial charge in [0, 0.05) is 28.7 Å². The molecule has 2 aromatic rings. The van der Waals surface area contributed by atoms with E-state index in [-0.39, 0.29) is 11.5 Å². The number of aryl methyl sites for hydroxylation is 1. The lowest BCUT2D eigenvalue weighted by atomic mass is 10.1. The Balaban J connectivity index is 1.75. The second kappa shape index (κ2) is 7.19. The van der Waals surface area contributed by atoms with E-state index in [9.17, 15) is 18.0 Å². The lowest BCUT2D eigenvalue weighted by Crippen LogP contribution is -2.40. The first kappa shape index (κ1) is 19.7. The van der Waals surface area contributed by atoms with E-state index in [1.54, 1.807) is 7.05 Å². The number of benzene rings is 1. The number of hydrogen-bond acceptors (Lipinski definition) is 3. The van der Waals surface area contributed by atoms with Crippen LogP contribution in [-0.4, -0.2) is 47.9 Å². The fraction of sp³-hybridized carbons (Fsp3) is 0.550. The third-order valence-corrected chi connectivity index (χ3v) is 5.70. The number of fused-ring (bicyclic) bond motifs is 1. The molecule has 27 heavy (non-hydrogen) atoms. The maximum absolute atomic E-state index is 12.7. The maximum Gasteiger partial charge on any atom is 0.401 e. The maximum atomic E-state index is 12.7. The molecule has 0 unspecified atom stereocenters. The summed E-state index contributed by atoms with van der Waals surface area (Å²) in [4.78, 5) is 13.6. The van der Waals surface area contributed by atoms with Gasteiger partial charge in [0.05, 0.1) is 19.2 Å². The zero-order valence-electron chi connectivity index (χ0n) is 15.9. The van der Waals surface area contributed by atoms with E-state index in [1.165, 1.54) is 12.0 Å². The largest absolute Gasteiger partial charge is 0.465 e. The molecule has 0 spiro atoms. The standard InChI is InChI=1S/C20H25F3N2O2/c1-14-17(18(26)27-3)15-7-4-5-8-16(15)25(14)12-6-9-19(10-11-19)24(2)13-20(21,22)23/h4-5,7-8H,6,9-13H2,1-3H3. The number of hydrogen-bond donors (Lipinski definition) is 0. The second-order valence-corrected chi connectivity index (χ2v) is 7.42. The minimum Gasteiger partial charge on any atom is -0.465 e. The van der Waals surface area contributed by atoms with Gasteiger partial charge in [-0.25, -0.2) is 4.79 Å². The van der Waals surface area contributed by atoms with Gasteiger partial charge in [-0.15, -0.1) is 0 Å². The van der Waals surface area contributed by atoms with Gasteiger partial charge in [0.25, 0.3) is 0 Å². The molecule has 1 aliphatic carbocycles. The number of halogens is 3. The lowest BCUT2D eigenvalue weighted by Gasteiger charge is -2.29. The molecular weight excluding hydrogens is 357 g/mol. The average molecular weight is 382 g/mol. The van der Waals surface area contributed by atoms with Gasteiger partial charge in [-0.2, -0.15) is 13.2 Å². The quantitative estimate of drug-likeness (QED) is 0.659. The summed E-state index contributed by atoms with van der Waals surface area (Å²) in [6, 6.07) is 7.64. The third-order valence-electron chi connectivity index (χ3n) is 5.70. The van der Waals surface area contributed by atoms with Crippen LogP contribution in [0.2, 0.25) is 0 Å². The number of alkyl halides is 3. The van der Waals surface area contributed by atoms with Crippen LogP contribution in [0, 0.1) is 6.92 Å². The van der Waals surface area contributed by atoms with Crippen LogP contribution < -0.4 is 0 Å². The predicted molar refractivity (Wildman–Crippen MR) is 97.9 cm³/mol. The number of methoxy groups -OCH3 is 1. The van der Waals surface area contributed by atoms with Crippen LogP contribution in [0.1, 0.15) is 41.7 Å². The Morgan fingerprint density at radius 1 is 1.30 bits per heavy atom. The van der Waals surface area contributed by atoms with Crippen LogP contribution >= 0.6 is 0 Å². The highest BCUT2D eigenvalue weighted by molar-refractivity contribution is 6.05. The first-order valence-corrected chi connectivity index (χ1v) is 9.13. The fourth-order valence-electron chi connectivity index (χ4n) is 4.05. The minimum atomic E-state index is -4.17. The molecule has 1 aromatic carbocycles. The summed E-state index contributed by atoms with van der Waals surface area (Å²) in [6.07, 6.45) is -1.11. The Morgan fingerprint density at radius 3 is 2.56 bits per heavy atom. The molecule has 7 heteroatoms. The van der Waals surface area contributed by atoms with Crippen molar-refractivity contribution in [2.45, 2.75) is 50.9 Å². The molecule has 0 aliphatic heterocycles. The molecule has 1 aliphatic rings. The summed E-state index contributed by atoms with van der Waals surface area (Å²) in [7, 11) is 2.92. The molecule has 148 valence electrons. The van der Waals surface area contributed by atoms with Gasteiger partial charge in [0.15, 0.2) is 0 Å². The molecule has 0 N–H and O–H groups in total. The van der Waals surface area contributed by atoms with Crippen molar-refractivity contribution >= 4 is 16.9 Å². The van der Waals surface area contributed by atoms with Gasteiger partial charge in [0.1, 0.15) is 0 Å². The van der Waals surface area contributed by atoms with Crippen molar-refractivity contribution in [3.05, 3.63) is 35.5 Å². The van der Waals surface area contributed by atoms with Crippen molar-refractivity contribution in [2.24, 2.45) is 0 Å². The van der Waals surface area contributed by atoms with E-state index in [2.05, 4.69) is 4.57 Å². The molecule has 0 radical (unpaired) electrons. The van der Waals surface area contributed by atoms with Crippen LogP contribution in [0.5, 0.6) is 0 Å². The molecule has 0 atom stereocenters. The summed E-state index contributed by atoms with van der Waals surface area (Å²) >= 11 is 0. The van der Waals surface area contributed by atoms with Crippen LogP contribution in [0.4, 0.5) is 13.2 Å². The van der Waals surface area contributed by atoms with E-state index < -0.39 is 12.7 Å². The molecule has 0 bridgehead atoms. The summed E-state index contributed by atoms with van der Waals surface area (Å²) < 4.78 is 45.1. The summed E-state index contributed by atoms with van der Waals surface area (Å²) in [5.41, 5.74) is 2.00. The Kier molecular flexibility index (Phi) is 5.25. The molecule has 0 saturated heterocycles. The zero-order valence-corrected chi connectivity index (χ0v) is 15.9. The van der Waals surface area contributed by atoms with Gasteiger partial charge in [-0.3, -0.25) is 4.90 Å². The minimum absolute atomic E-state index is 0.336. The Bertz CT molecular complexity index is 838. The summed E-state index contributed by atoms with van der Waals surface area (Å²) in [6.45, 7) is 1.67. The molecule has 1 aromatic heterocycles. The molecule has 3 rings (SSSR count). The second-order valence-electron chi connectivity index (χ2n) is 7.42. The number of carbonyl (C=O) groups is 1. The first-order valence-electron chi connectivity index (χ1n) is 9.13. The molecule has 4 nitrogen and oxygen atoms in total. The lowest BCUT2D eigenvalue weighted by molar-refractivity contribution is -0.149. The number of carbonyl (C=O) groups excluding carboxylic acids is 1. The van der Waals surface area contributed by atoms with E-state index in [1.807, 2.05) is 31.2 Å². The third kappa shape index (κ3) is 3.98. The molecule has 0 amide bonds. The monoisotopic (exact) mass is 382 g/mol. The molecular formula is C20H25F3N2O2. The Morgan fingerprint density at radius 2 is 1.96 bits per heavy atom. The van der Waals surface area contributed by atoms with Crippen molar-refractivity contribution in [3.63, 3.8) is 0 Å². The topological polar surface area (TPSA) is 34.5 Å². The summed E-state index contributed by atoms with van der Waals surface area (Å²) in [5.74, 6) is -0.369. The number of nitrogens with zero attached hydrogens (tertiary/aromatic N) is 2. The Hall–Kier alpha value is -2.02. The molecule has 1 saturated carbocycles. The van der Waals surface area contributed by atoms with Crippen LogP contribution in [-0.2, 0) is 11.3 Å². The highest BCUT2D eigenvalue weighted by atomic mass is 19.4. The number of esters is 1. The molecule has 1 fully saturated rings. The van der Waals surface area contributed by atoms with Gasteiger partial charge in [0.2, 0.25) is 0 Å². The number of para-hydroxylation sites is 1. The van der Waals surface area contributed by atoms with Gasteiger partial charge in [-0.05, 0) is 45.7 Å². The van der Waals surface area contributed by atoms with E-state index in [0.29, 0.717) is 18.5 Å². The Labute approximate surface area is 156 Å². The van der Waals surface area contributed by atoms with Gasteiger partial charge in [-0.1, -0.05) is 18.2 Å². The predicted octanol–water partition coefficient (Wildman–Crippen LogP) is 4.54.